The molecule has 3 saturated carbocycles. The Morgan fingerprint density at radius 1 is 1.10 bits per heavy atom. The van der Waals surface area contributed by atoms with Crippen LogP contribution in [0.5, 0.6) is 0 Å². The van der Waals surface area contributed by atoms with Gasteiger partial charge in [0, 0.05) is 53.6 Å². The van der Waals surface area contributed by atoms with Crippen LogP contribution in [0.1, 0.15) is 102 Å². The molecular weight excluding hydrogens is 502 g/mol. The van der Waals surface area contributed by atoms with Gasteiger partial charge in [-0.25, -0.2) is 4.98 Å². The molecule has 4 N–H and O–H groups in total. The van der Waals surface area contributed by atoms with Crippen molar-refractivity contribution in [1.82, 2.24) is 10.3 Å². The molecule has 1 aromatic heterocycles. The lowest BCUT2D eigenvalue weighted by Gasteiger charge is -2.38. The summed E-state index contributed by atoms with van der Waals surface area (Å²) in [6, 6.07) is 8.00. The number of primary amides is 1. The summed E-state index contributed by atoms with van der Waals surface area (Å²) in [6.07, 6.45) is 10.0. The van der Waals surface area contributed by atoms with Gasteiger partial charge in [-0.1, -0.05) is 6.92 Å². The number of aryl methyl sites for hydroxylation is 1. The molecule has 8 nitrogen and oxygen atoms in total. The topological polar surface area (TPSA) is 117 Å². The van der Waals surface area contributed by atoms with E-state index in [1.165, 1.54) is 0 Å². The largest absolute Gasteiger partial charge is 0.381 e. The highest BCUT2D eigenvalue weighted by Crippen LogP contribution is 2.49. The van der Waals surface area contributed by atoms with E-state index in [-0.39, 0.29) is 35.1 Å². The number of carbonyl (C=O) groups excluding carboxylic acids is 3. The molecule has 4 atom stereocenters. The summed E-state index contributed by atoms with van der Waals surface area (Å²) in [7, 11) is 0. The lowest BCUT2D eigenvalue weighted by molar-refractivity contribution is 0.0933. The smallest absolute Gasteiger partial charge is 0.251 e. The maximum absolute atomic E-state index is 13.6. The lowest BCUT2D eigenvalue weighted by atomic mass is 9.92. The zero-order valence-corrected chi connectivity index (χ0v) is 23.8. The van der Waals surface area contributed by atoms with Crippen LogP contribution in [0.4, 0.5) is 11.5 Å². The molecule has 4 aliphatic rings. The molecule has 2 heterocycles. The van der Waals surface area contributed by atoms with Crippen molar-refractivity contribution in [2.75, 3.05) is 16.8 Å². The third-order valence-corrected chi connectivity index (χ3v) is 9.97. The molecule has 2 aromatic rings. The number of nitrogens with two attached hydrogens (primary N) is 1. The van der Waals surface area contributed by atoms with Crippen LogP contribution < -0.4 is 21.3 Å². The molecule has 2 amide bonds. The van der Waals surface area contributed by atoms with E-state index in [1.807, 2.05) is 19.1 Å². The Morgan fingerprint density at radius 3 is 2.52 bits per heavy atom. The Hall–Kier alpha value is -3.42. The number of fused-ring (bicyclic) bond motifs is 1. The van der Waals surface area contributed by atoms with E-state index in [0.29, 0.717) is 34.3 Å². The summed E-state index contributed by atoms with van der Waals surface area (Å²) < 4.78 is 0. The molecule has 1 saturated heterocycles. The highest BCUT2D eigenvalue weighted by atomic mass is 16.2. The normalized spacial score (nSPS) is 25.6. The van der Waals surface area contributed by atoms with Crippen LogP contribution in [0.3, 0.4) is 0 Å². The van der Waals surface area contributed by atoms with Crippen LogP contribution in [0, 0.1) is 24.2 Å². The quantitative estimate of drug-likeness (QED) is 0.389. The molecular formula is C32H41N5O3. The SMILES string of the molecule is Cc1cc(C(N)=O)c(NC(C)C2(C)CC2)cc1C(=O)NC1CC2CCCN(c3ccc(C(=O)C4CC4)cn3)C2C1. The fourth-order valence-corrected chi connectivity index (χ4v) is 6.75. The van der Waals surface area contributed by atoms with Gasteiger partial charge in [0.25, 0.3) is 11.8 Å². The standard InChI is InChI=1S/C32H41N5O3/c1-18-13-25(30(33)39)26(35-19(2)32(3)10-11-32)16-24(18)31(40)36-23-14-21-5-4-12-37(27(21)15-23)28-9-8-22(17-34-28)29(38)20-6-7-20/h8-9,13,16-17,19-21,23,27,35H,4-7,10-12,14-15H2,1-3H3,(H2,33,39)(H,36,40). The lowest BCUT2D eigenvalue weighted by Crippen LogP contribution is -2.43. The first-order chi connectivity index (χ1) is 19.1. The predicted octanol–water partition coefficient (Wildman–Crippen LogP) is 4.86. The number of rotatable bonds is 9. The predicted molar refractivity (Wildman–Crippen MR) is 156 cm³/mol. The van der Waals surface area contributed by atoms with Crippen LogP contribution in [-0.4, -0.2) is 47.3 Å². The number of amides is 2. The Kier molecular flexibility index (Phi) is 6.83. The molecule has 4 fully saturated rings. The van der Waals surface area contributed by atoms with Crippen LogP contribution in [0.2, 0.25) is 0 Å². The summed E-state index contributed by atoms with van der Waals surface area (Å²) in [6.45, 7) is 7.15. The second-order valence-electron chi connectivity index (χ2n) is 12.9. The number of nitrogens with one attached hydrogen (secondary N) is 2. The summed E-state index contributed by atoms with van der Waals surface area (Å²) in [5.41, 5.74) is 8.98. The van der Waals surface area contributed by atoms with Crippen molar-refractivity contribution in [2.24, 2.45) is 23.0 Å². The molecule has 1 aromatic carbocycles. The second kappa shape index (κ2) is 10.2. The maximum atomic E-state index is 13.6. The fourth-order valence-electron chi connectivity index (χ4n) is 6.75. The summed E-state index contributed by atoms with van der Waals surface area (Å²) >= 11 is 0. The molecule has 212 valence electrons. The van der Waals surface area contributed by atoms with Crippen LogP contribution >= 0.6 is 0 Å². The number of anilines is 2. The van der Waals surface area contributed by atoms with Gasteiger partial charge in [0.15, 0.2) is 5.78 Å². The van der Waals surface area contributed by atoms with Gasteiger partial charge in [0.2, 0.25) is 0 Å². The number of benzene rings is 1. The highest BCUT2D eigenvalue weighted by Gasteiger charge is 2.43. The van der Waals surface area contributed by atoms with Crippen LogP contribution in [0.25, 0.3) is 0 Å². The van der Waals surface area contributed by atoms with Crippen LogP contribution in [0.15, 0.2) is 30.5 Å². The molecule has 6 rings (SSSR count). The number of nitrogens with zero attached hydrogens (tertiary/aromatic N) is 2. The van der Waals surface area contributed by atoms with Crippen molar-refractivity contribution in [3.05, 3.63) is 52.7 Å². The number of ketones is 1. The number of piperidine rings is 1. The molecule has 1 aliphatic heterocycles. The fraction of sp³-hybridized carbons (Fsp3) is 0.562. The van der Waals surface area contributed by atoms with Crippen molar-refractivity contribution < 1.29 is 14.4 Å². The Labute approximate surface area is 236 Å². The maximum Gasteiger partial charge on any atom is 0.251 e. The van der Waals surface area contributed by atoms with Gasteiger partial charge in [-0.05, 0) is 106 Å². The van der Waals surface area contributed by atoms with E-state index < -0.39 is 5.91 Å². The average Bonchev–Trinajstić information content (AvgIpc) is 3.87. The highest BCUT2D eigenvalue weighted by molar-refractivity contribution is 6.03. The van der Waals surface area contributed by atoms with Crippen LogP contribution in [-0.2, 0) is 0 Å². The summed E-state index contributed by atoms with van der Waals surface area (Å²) in [4.78, 5) is 45.2. The first-order valence-electron chi connectivity index (χ1n) is 14.9. The van der Waals surface area contributed by atoms with Crippen molar-refractivity contribution in [3.63, 3.8) is 0 Å². The first kappa shape index (κ1) is 26.8. The number of hydrogen-bond donors (Lipinski definition) is 3. The third-order valence-electron chi connectivity index (χ3n) is 9.97. The first-order valence-corrected chi connectivity index (χ1v) is 14.9. The van der Waals surface area contributed by atoms with E-state index in [4.69, 9.17) is 5.73 Å². The van der Waals surface area contributed by atoms with E-state index in [1.54, 1.807) is 18.3 Å². The zero-order valence-electron chi connectivity index (χ0n) is 23.8. The minimum atomic E-state index is -0.496. The van der Waals surface area contributed by atoms with Crippen molar-refractivity contribution >= 4 is 29.1 Å². The molecule has 8 heteroatoms. The van der Waals surface area contributed by atoms with Gasteiger partial charge < -0.3 is 21.3 Å². The van der Waals surface area contributed by atoms with Gasteiger partial charge in [0.1, 0.15) is 5.82 Å². The molecule has 0 bridgehead atoms. The number of pyridine rings is 1. The van der Waals surface area contributed by atoms with Gasteiger partial charge in [0.05, 0.1) is 5.56 Å². The average molecular weight is 544 g/mol. The zero-order chi connectivity index (χ0) is 28.2. The Balaban J connectivity index is 1.15. The molecule has 40 heavy (non-hydrogen) atoms. The third kappa shape index (κ3) is 5.20. The van der Waals surface area contributed by atoms with Gasteiger partial charge >= 0.3 is 0 Å². The monoisotopic (exact) mass is 543 g/mol. The van der Waals surface area contributed by atoms with E-state index in [9.17, 15) is 14.4 Å². The van der Waals surface area contributed by atoms with E-state index >= 15 is 0 Å². The Morgan fingerprint density at radius 2 is 1.88 bits per heavy atom. The van der Waals surface area contributed by atoms with E-state index in [0.717, 1.165) is 69.3 Å². The molecule has 4 unspecified atom stereocenters. The number of carbonyl (C=O) groups is 3. The summed E-state index contributed by atoms with van der Waals surface area (Å²) in [5, 5.41) is 6.78. The van der Waals surface area contributed by atoms with Crippen molar-refractivity contribution in [2.45, 2.75) is 90.3 Å². The molecule has 3 aliphatic carbocycles. The number of hydrogen-bond acceptors (Lipinski definition) is 6. The van der Waals surface area contributed by atoms with Gasteiger partial charge in [-0.2, -0.15) is 0 Å². The Bertz CT molecular complexity index is 1330. The number of Topliss-reactive ketones (excluding diaryl/α,β-unsaturated/α-hetero) is 1. The minimum Gasteiger partial charge on any atom is -0.381 e. The van der Waals surface area contributed by atoms with Gasteiger partial charge in [-0.3, -0.25) is 14.4 Å². The second-order valence-corrected chi connectivity index (χ2v) is 12.9. The number of aromatic nitrogens is 1. The summed E-state index contributed by atoms with van der Waals surface area (Å²) in [5.74, 6) is 1.21. The van der Waals surface area contributed by atoms with Crippen molar-refractivity contribution in [3.8, 4) is 0 Å². The minimum absolute atomic E-state index is 0.0646. The van der Waals surface area contributed by atoms with E-state index in [2.05, 4.69) is 34.4 Å². The molecule has 0 radical (unpaired) electrons. The van der Waals surface area contributed by atoms with Crippen molar-refractivity contribution in [1.29, 1.82) is 0 Å². The van der Waals surface area contributed by atoms with Gasteiger partial charge in [-0.15, -0.1) is 0 Å². The molecule has 0 spiro atoms.